The molecule has 0 spiro atoms. The monoisotopic (exact) mass is 517 g/mol. The van der Waals surface area contributed by atoms with Crippen LogP contribution in [0, 0.1) is 6.92 Å². The summed E-state index contributed by atoms with van der Waals surface area (Å²) in [4.78, 5) is 12.5. The van der Waals surface area contributed by atoms with E-state index in [1.54, 1.807) is 18.2 Å². The van der Waals surface area contributed by atoms with Gasteiger partial charge in [0.05, 0.1) is 16.3 Å². The standard InChI is InChI=1S/C18H14Cl4F3N3OS/c1-9-3-2-4-10(7-9)14(29)27-15(17(20,21)22)28-16(30)26-13-6-5-11(8-12(13)19)18(23,24)25/h2-8,15H,1H3,(H,27,29)(H2,26,28,30). The molecule has 0 fully saturated rings. The van der Waals surface area contributed by atoms with Gasteiger partial charge in [-0.15, -0.1) is 0 Å². The van der Waals surface area contributed by atoms with Crippen LogP contribution in [0.1, 0.15) is 21.5 Å². The van der Waals surface area contributed by atoms with Gasteiger partial charge in [0.25, 0.3) is 5.91 Å². The van der Waals surface area contributed by atoms with E-state index in [0.717, 1.165) is 23.8 Å². The first-order valence-corrected chi connectivity index (χ1v) is 10.1. The first-order chi connectivity index (χ1) is 13.8. The minimum Gasteiger partial charge on any atom is -0.339 e. The second-order valence-corrected chi connectivity index (χ2v) is 9.29. The van der Waals surface area contributed by atoms with Crippen molar-refractivity contribution in [3.8, 4) is 0 Å². The molecule has 0 saturated heterocycles. The molecule has 4 nitrogen and oxygen atoms in total. The Bertz CT molecular complexity index is 951. The van der Waals surface area contributed by atoms with Crippen molar-refractivity contribution in [1.82, 2.24) is 10.6 Å². The summed E-state index contributed by atoms with van der Waals surface area (Å²) in [6.45, 7) is 1.81. The summed E-state index contributed by atoms with van der Waals surface area (Å²) in [5.41, 5.74) is 0.368. The van der Waals surface area contributed by atoms with Crippen molar-refractivity contribution in [2.75, 3.05) is 5.32 Å². The fourth-order valence-corrected chi connectivity index (χ4v) is 3.07. The first-order valence-electron chi connectivity index (χ1n) is 8.16. The molecule has 0 heterocycles. The third kappa shape index (κ3) is 7.06. The van der Waals surface area contributed by atoms with Crippen LogP contribution in [-0.4, -0.2) is 21.0 Å². The maximum absolute atomic E-state index is 12.8. The van der Waals surface area contributed by atoms with Crippen LogP contribution < -0.4 is 16.0 Å². The lowest BCUT2D eigenvalue weighted by Crippen LogP contribution is -2.56. The number of thiocarbonyl (C=S) groups is 1. The summed E-state index contributed by atoms with van der Waals surface area (Å²) >= 11 is 28.8. The zero-order valence-corrected chi connectivity index (χ0v) is 18.9. The molecule has 30 heavy (non-hydrogen) atoms. The van der Waals surface area contributed by atoms with Gasteiger partial charge in [-0.1, -0.05) is 64.1 Å². The molecule has 2 rings (SSSR count). The van der Waals surface area contributed by atoms with Crippen molar-refractivity contribution in [1.29, 1.82) is 0 Å². The number of carbonyl (C=O) groups excluding carboxylic acids is 1. The number of anilines is 1. The van der Waals surface area contributed by atoms with Crippen LogP contribution in [0.5, 0.6) is 0 Å². The van der Waals surface area contributed by atoms with Gasteiger partial charge in [0, 0.05) is 5.56 Å². The van der Waals surface area contributed by atoms with Crippen molar-refractivity contribution in [3.63, 3.8) is 0 Å². The molecule has 0 aliphatic heterocycles. The number of aryl methyl sites for hydroxylation is 1. The second kappa shape index (κ2) is 9.78. The van der Waals surface area contributed by atoms with Gasteiger partial charge in [-0.3, -0.25) is 4.79 Å². The predicted molar refractivity (Wildman–Crippen MR) is 119 cm³/mol. The second-order valence-electron chi connectivity index (χ2n) is 6.11. The lowest BCUT2D eigenvalue weighted by molar-refractivity contribution is -0.137. The number of hydrogen-bond donors (Lipinski definition) is 3. The van der Waals surface area contributed by atoms with E-state index in [1.807, 2.05) is 13.0 Å². The Morgan fingerprint density at radius 1 is 1.07 bits per heavy atom. The maximum atomic E-state index is 12.8. The number of halogens is 7. The Balaban J connectivity index is 2.12. The minimum absolute atomic E-state index is 0.0928. The number of nitrogens with one attached hydrogen (secondary N) is 3. The molecule has 12 heteroatoms. The van der Waals surface area contributed by atoms with Crippen molar-refractivity contribution in [2.45, 2.75) is 23.1 Å². The van der Waals surface area contributed by atoms with E-state index < -0.39 is 27.6 Å². The average Bonchev–Trinajstić information content (AvgIpc) is 2.61. The highest BCUT2D eigenvalue weighted by Crippen LogP contribution is 2.34. The molecule has 1 atom stereocenters. The van der Waals surface area contributed by atoms with Crippen LogP contribution in [0.2, 0.25) is 5.02 Å². The highest BCUT2D eigenvalue weighted by molar-refractivity contribution is 7.80. The SMILES string of the molecule is Cc1cccc(C(=O)NC(NC(=S)Nc2ccc(C(F)(F)F)cc2Cl)C(Cl)(Cl)Cl)c1. The molecule has 1 unspecified atom stereocenters. The quantitative estimate of drug-likeness (QED) is 0.261. The molecule has 162 valence electrons. The Kier molecular flexibility index (Phi) is 8.09. The van der Waals surface area contributed by atoms with Gasteiger partial charge in [0.15, 0.2) is 5.11 Å². The van der Waals surface area contributed by atoms with E-state index in [9.17, 15) is 18.0 Å². The van der Waals surface area contributed by atoms with Gasteiger partial charge in [-0.05, 0) is 49.5 Å². The molecule has 0 saturated carbocycles. The number of carbonyl (C=O) groups is 1. The maximum Gasteiger partial charge on any atom is 0.416 e. The molecule has 2 aromatic rings. The van der Waals surface area contributed by atoms with Gasteiger partial charge in [-0.25, -0.2) is 0 Å². The molecule has 2 aromatic carbocycles. The smallest absolute Gasteiger partial charge is 0.339 e. The summed E-state index contributed by atoms with van der Waals surface area (Å²) in [5.74, 6) is -0.530. The summed E-state index contributed by atoms with van der Waals surface area (Å²) in [6, 6.07) is 9.42. The van der Waals surface area contributed by atoms with E-state index in [1.165, 1.54) is 0 Å². The average molecular weight is 519 g/mol. The minimum atomic E-state index is -4.54. The largest absolute Gasteiger partial charge is 0.416 e. The highest BCUT2D eigenvalue weighted by atomic mass is 35.6. The lowest BCUT2D eigenvalue weighted by atomic mass is 10.1. The fraction of sp³-hybridized carbons (Fsp3) is 0.222. The molecule has 1 amide bonds. The molecule has 0 aliphatic rings. The summed E-state index contributed by atoms with van der Waals surface area (Å²) in [5, 5.41) is 7.36. The van der Waals surface area contributed by atoms with Crippen molar-refractivity contribution in [3.05, 3.63) is 64.2 Å². The number of hydrogen-bond acceptors (Lipinski definition) is 2. The zero-order valence-electron chi connectivity index (χ0n) is 15.1. The van der Waals surface area contributed by atoms with Gasteiger partial charge in [-0.2, -0.15) is 13.2 Å². The molecule has 3 N–H and O–H groups in total. The molecular formula is C18H14Cl4F3N3OS. The van der Waals surface area contributed by atoms with Crippen molar-refractivity contribution in [2.24, 2.45) is 0 Å². The number of amides is 1. The lowest BCUT2D eigenvalue weighted by Gasteiger charge is -2.28. The van der Waals surface area contributed by atoms with E-state index in [0.29, 0.717) is 5.56 Å². The van der Waals surface area contributed by atoms with Crippen molar-refractivity contribution < 1.29 is 18.0 Å². The predicted octanol–water partition coefficient (Wildman–Crippen LogP) is 6.08. The third-order valence-electron chi connectivity index (χ3n) is 3.70. The van der Waals surface area contributed by atoms with E-state index in [4.69, 9.17) is 58.6 Å². The van der Waals surface area contributed by atoms with Crippen molar-refractivity contribution >= 4 is 75.3 Å². The van der Waals surface area contributed by atoms with E-state index in [-0.39, 0.29) is 15.8 Å². The van der Waals surface area contributed by atoms with Crippen LogP contribution in [0.3, 0.4) is 0 Å². The Hall–Kier alpha value is -1.45. The molecule has 0 radical (unpaired) electrons. The Morgan fingerprint density at radius 3 is 2.27 bits per heavy atom. The fourth-order valence-electron chi connectivity index (χ4n) is 2.28. The van der Waals surface area contributed by atoms with Crippen LogP contribution in [-0.2, 0) is 6.18 Å². The zero-order chi connectivity index (χ0) is 22.7. The van der Waals surface area contributed by atoms with Gasteiger partial charge < -0.3 is 16.0 Å². The van der Waals surface area contributed by atoms with Gasteiger partial charge >= 0.3 is 6.18 Å². The van der Waals surface area contributed by atoms with Crippen LogP contribution in [0.25, 0.3) is 0 Å². The normalized spacial score (nSPS) is 12.8. The molecule has 0 bridgehead atoms. The number of rotatable bonds is 4. The summed E-state index contributed by atoms with van der Waals surface area (Å²) in [6.07, 6.45) is -5.80. The van der Waals surface area contributed by atoms with E-state index >= 15 is 0 Å². The highest BCUT2D eigenvalue weighted by Gasteiger charge is 2.35. The Morgan fingerprint density at radius 2 is 1.73 bits per heavy atom. The van der Waals surface area contributed by atoms with Crippen LogP contribution >= 0.6 is 58.6 Å². The summed E-state index contributed by atoms with van der Waals surface area (Å²) < 4.78 is 36.2. The van der Waals surface area contributed by atoms with Crippen LogP contribution in [0.4, 0.5) is 18.9 Å². The number of benzene rings is 2. The Labute approximate surface area is 196 Å². The third-order valence-corrected chi connectivity index (χ3v) is 4.89. The number of alkyl halides is 6. The molecule has 0 aliphatic carbocycles. The van der Waals surface area contributed by atoms with Crippen LogP contribution in [0.15, 0.2) is 42.5 Å². The summed E-state index contributed by atoms with van der Waals surface area (Å²) in [7, 11) is 0. The topological polar surface area (TPSA) is 53.2 Å². The van der Waals surface area contributed by atoms with Gasteiger partial charge in [0.1, 0.15) is 6.17 Å². The first kappa shape index (κ1) is 24.8. The van der Waals surface area contributed by atoms with Gasteiger partial charge in [0.2, 0.25) is 3.79 Å². The molecule has 0 aromatic heterocycles. The van der Waals surface area contributed by atoms with E-state index in [2.05, 4.69) is 16.0 Å². The molecular weight excluding hydrogens is 505 g/mol.